The van der Waals surface area contributed by atoms with Crippen LogP contribution in [0, 0.1) is 34.5 Å². The van der Waals surface area contributed by atoms with Crippen LogP contribution in [0.4, 0.5) is 0 Å². The van der Waals surface area contributed by atoms with Crippen molar-refractivity contribution in [3.05, 3.63) is 12.2 Å². The van der Waals surface area contributed by atoms with Gasteiger partial charge in [0, 0.05) is 11.5 Å². The van der Waals surface area contributed by atoms with Gasteiger partial charge in [-0.1, -0.05) is 19.9 Å². The van der Waals surface area contributed by atoms with E-state index in [0.29, 0.717) is 17.8 Å². The number of hydrogen-bond donors (Lipinski definition) is 3. The summed E-state index contributed by atoms with van der Waals surface area (Å²) in [5, 5.41) is 31.1. The van der Waals surface area contributed by atoms with Crippen molar-refractivity contribution < 1.29 is 20.1 Å². The minimum atomic E-state index is -0.897. The van der Waals surface area contributed by atoms with E-state index in [1.165, 1.54) is 6.08 Å². The Bertz CT molecular complexity index is 615. The van der Waals surface area contributed by atoms with Gasteiger partial charge >= 0.3 is 5.97 Å². The van der Waals surface area contributed by atoms with Crippen LogP contribution in [0.1, 0.15) is 71.6 Å². The Morgan fingerprint density at radius 2 is 1.77 bits per heavy atom. The van der Waals surface area contributed by atoms with Crippen LogP contribution in [0.15, 0.2) is 12.2 Å². The van der Waals surface area contributed by atoms with Gasteiger partial charge in [-0.05, 0) is 86.9 Å². The number of rotatable bonds is 2. The van der Waals surface area contributed by atoms with E-state index in [0.717, 1.165) is 57.8 Å². The molecule has 146 valence electrons. The summed E-state index contributed by atoms with van der Waals surface area (Å²) in [6, 6.07) is 0. The van der Waals surface area contributed by atoms with Crippen molar-refractivity contribution in [1.82, 2.24) is 0 Å². The molecule has 0 aliphatic heterocycles. The van der Waals surface area contributed by atoms with E-state index in [1.54, 1.807) is 0 Å². The summed E-state index contributed by atoms with van der Waals surface area (Å²) in [4.78, 5) is 11.0. The Morgan fingerprint density at radius 3 is 2.50 bits per heavy atom. The highest BCUT2D eigenvalue weighted by atomic mass is 16.4. The zero-order valence-electron chi connectivity index (χ0n) is 16.2. The smallest absolute Gasteiger partial charge is 0.327 e. The first-order chi connectivity index (χ1) is 12.2. The van der Waals surface area contributed by atoms with Crippen molar-refractivity contribution >= 4 is 5.97 Å². The van der Waals surface area contributed by atoms with Crippen molar-refractivity contribution in [2.75, 3.05) is 0 Å². The summed E-state index contributed by atoms with van der Waals surface area (Å²) in [6.07, 6.45) is 11.8. The Hall–Kier alpha value is -0.870. The second-order valence-corrected chi connectivity index (χ2v) is 10.1. The number of allylic oxidation sites excluding steroid dienone is 1. The molecule has 3 N–H and O–H groups in total. The lowest BCUT2D eigenvalue weighted by Crippen LogP contribution is -2.62. The summed E-state index contributed by atoms with van der Waals surface area (Å²) in [5.41, 5.74) is -0.640. The molecule has 0 amide bonds. The quantitative estimate of drug-likeness (QED) is 0.654. The van der Waals surface area contributed by atoms with Crippen LogP contribution in [0.3, 0.4) is 0 Å². The fraction of sp³-hybridized carbons (Fsp3) is 0.864. The molecule has 4 aliphatic carbocycles. The molecule has 0 bridgehead atoms. The third-order valence-corrected chi connectivity index (χ3v) is 9.37. The molecule has 0 aromatic rings. The molecule has 0 spiro atoms. The average Bonchev–Trinajstić information content (AvgIpc) is 2.85. The fourth-order valence-corrected chi connectivity index (χ4v) is 7.75. The van der Waals surface area contributed by atoms with Gasteiger partial charge in [-0.15, -0.1) is 0 Å². The number of fused-ring (bicyclic) bond motifs is 5. The predicted octanol–water partition coefficient (Wildman–Crippen LogP) is 3.76. The molecule has 0 aromatic heterocycles. The number of carboxylic acids is 1. The summed E-state index contributed by atoms with van der Waals surface area (Å²) in [7, 11) is 0. The largest absolute Gasteiger partial charge is 0.478 e. The zero-order chi connectivity index (χ0) is 18.7. The maximum Gasteiger partial charge on any atom is 0.327 e. The van der Waals surface area contributed by atoms with Gasteiger partial charge < -0.3 is 15.3 Å². The maximum absolute atomic E-state index is 11.9. The van der Waals surface area contributed by atoms with Crippen molar-refractivity contribution in [2.24, 2.45) is 34.5 Å². The van der Waals surface area contributed by atoms with Crippen molar-refractivity contribution in [1.29, 1.82) is 0 Å². The predicted molar refractivity (Wildman–Crippen MR) is 99.5 cm³/mol. The summed E-state index contributed by atoms with van der Waals surface area (Å²) < 4.78 is 0. The standard InChI is InChI=1S/C22H34O4/c1-20-10-8-16(23)13-15(20)3-5-18-17(20)9-11-21(2)14(4-6-19(24)25)7-12-22(18,21)26/h4,6,14-18,23,26H,3,5,7-13H2,1-2H3,(H,24,25)/b6-4+/t14-,15?,16-,17-,18+,20-,21+,22-/m0/s1. The van der Waals surface area contributed by atoms with E-state index >= 15 is 0 Å². The Kier molecular flexibility index (Phi) is 4.31. The van der Waals surface area contributed by atoms with Gasteiger partial charge in [-0.3, -0.25) is 0 Å². The average molecular weight is 363 g/mol. The molecule has 26 heavy (non-hydrogen) atoms. The highest BCUT2D eigenvalue weighted by molar-refractivity contribution is 5.79. The van der Waals surface area contributed by atoms with E-state index in [9.17, 15) is 15.0 Å². The lowest BCUT2D eigenvalue weighted by molar-refractivity contribution is -0.207. The fourth-order valence-electron chi connectivity index (χ4n) is 7.75. The number of carbonyl (C=O) groups is 1. The third kappa shape index (κ3) is 2.44. The molecule has 4 nitrogen and oxygen atoms in total. The van der Waals surface area contributed by atoms with Gasteiger partial charge in [0.15, 0.2) is 0 Å². The minimum Gasteiger partial charge on any atom is -0.478 e. The number of aliphatic carboxylic acids is 1. The maximum atomic E-state index is 11.9. The van der Waals surface area contributed by atoms with Gasteiger partial charge in [-0.2, -0.15) is 0 Å². The molecule has 1 unspecified atom stereocenters. The van der Waals surface area contributed by atoms with Crippen LogP contribution >= 0.6 is 0 Å². The first-order valence-corrected chi connectivity index (χ1v) is 10.5. The lowest BCUT2D eigenvalue weighted by Gasteiger charge is -2.63. The van der Waals surface area contributed by atoms with Crippen LogP contribution in [0.5, 0.6) is 0 Å². The van der Waals surface area contributed by atoms with E-state index < -0.39 is 11.6 Å². The molecule has 0 radical (unpaired) electrons. The summed E-state index contributed by atoms with van der Waals surface area (Å²) >= 11 is 0. The van der Waals surface area contributed by atoms with E-state index in [1.807, 2.05) is 6.08 Å². The van der Waals surface area contributed by atoms with Gasteiger partial charge in [0.05, 0.1) is 11.7 Å². The number of aliphatic hydroxyl groups is 2. The molecule has 4 fully saturated rings. The van der Waals surface area contributed by atoms with Crippen LogP contribution in [-0.4, -0.2) is 33.0 Å². The second-order valence-electron chi connectivity index (χ2n) is 10.1. The molecule has 4 aliphatic rings. The molecule has 4 heteroatoms. The topological polar surface area (TPSA) is 77.8 Å². The molecule has 8 atom stereocenters. The molecular weight excluding hydrogens is 328 g/mol. The second kappa shape index (κ2) is 6.07. The third-order valence-electron chi connectivity index (χ3n) is 9.37. The molecular formula is C22H34O4. The van der Waals surface area contributed by atoms with Gasteiger partial charge in [-0.25, -0.2) is 4.79 Å². The first-order valence-electron chi connectivity index (χ1n) is 10.5. The minimum absolute atomic E-state index is 0.140. The lowest BCUT2D eigenvalue weighted by atomic mass is 9.43. The number of aliphatic hydroxyl groups excluding tert-OH is 1. The Balaban J connectivity index is 1.63. The molecule has 4 saturated carbocycles. The van der Waals surface area contributed by atoms with E-state index in [2.05, 4.69) is 13.8 Å². The highest BCUT2D eigenvalue weighted by Crippen LogP contribution is 2.69. The van der Waals surface area contributed by atoms with Crippen LogP contribution < -0.4 is 0 Å². The number of hydrogen-bond acceptors (Lipinski definition) is 3. The SMILES string of the molecule is C[C@]12CC[C@H](O)CC1CC[C@@H]1[C@@H]2CC[C@]2(C)[C@@H](/C=C/C(=O)O)CC[C@]12O. The highest BCUT2D eigenvalue weighted by Gasteiger charge is 2.66. The van der Waals surface area contributed by atoms with Crippen molar-refractivity contribution in [3.8, 4) is 0 Å². The molecule has 0 aromatic carbocycles. The monoisotopic (exact) mass is 362 g/mol. The molecule has 0 heterocycles. The zero-order valence-corrected chi connectivity index (χ0v) is 16.2. The Morgan fingerprint density at radius 1 is 1.00 bits per heavy atom. The first kappa shape index (κ1) is 18.5. The van der Waals surface area contributed by atoms with Crippen LogP contribution in [0.25, 0.3) is 0 Å². The Labute approximate surface area is 156 Å². The summed E-state index contributed by atoms with van der Waals surface area (Å²) in [6.45, 7) is 4.62. The summed E-state index contributed by atoms with van der Waals surface area (Å²) in [5.74, 6) is 0.703. The molecule has 0 saturated heterocycles. The van der Waals surface area contributed by atoms with Gasteiger partial charge in [0.2, 0.25) is 0 Å². The van der Waals surface area contributed by atoms with Crippen LogP contribution in [-0.2, 0) is 4.79 Å². The normalized spacial score (nSPS) is 53.8. The van der Waals surface area contributed by atoms with E-state index in [4.69, 9.17) is 5.11 Å². The van der Waals surface area contributed by atoms with Gasteiger partial charge in [0.25, 0.3) is 0 Å². The van der Waals surface area contributed by atoms with Crippen molar-refractivity contribution in [2.45, 2.75) is 83.3 Å². The van der Waals surface area contributed by atoms with E-state index in [-0.39, 0.29) is 22.9 Å². The molecule has 4 rings (SSSR count). The van der Waals surface area contributed by atoms with Crippen LogP contribution in [0.2, 0.25) is 0 Å². The van der Waals surface area contributed by atoms with Crippen molar-refractivity contribution in [3.63, 3.8) is 0 Å². The van der Waals surface area contributed by atoms with Gasteiger partial charge in [0.1, 0.15) is 0 Å². The number of carboxylic acid groups (broad SMARTS) is 1.